The number of amides is 2. The molecule has 4 atom stereocenters. The number of halogens is 3. The number of nitrogens with zero attached hydrogens (tertiary/aromatic N) is 2. The predicted molar refractivity (Wildman–Crippen MR) is 89.2 cm³/mol. The monoisotopic (exact) mass is 406 g/mol. The molecule has 3 aliphatic heterocycles. The second kappa shape index (κ2) is 5.45. The van der Waals surface area contributed by atoms with Gasteiger partial charge in [-0.15, -0.1) is 0 Å². The van der Waals surface area contributed by atoms with Gasteiger partial charge in [0.2, 0.25) is 11.8 Å². The minimum absolute atomic E-state index is 0.167. The molecule has 1 N–H and O–H groups in total. The lowest BCUT2D eigenvalue weighted by Crippen LogP contribution is -2.43. The number of rotatable bonds is 2. The summed E-state index contributed by atoms with van der Waals surface area (Å²) in [7, 11) is 0. The lowest BCUT2D eigenvalue weighted by molar-refractivity contribution is -0.139. The first kappa shape index (κ1) is 19.1. The van der Waals surface area contributed by atoms with E-state index in [9.17, 15) is 32.7 Å². The summed E-state index contributed by atoms with van der Waals surface area (Å²) in [5.41, 5.74) is -5.35. The van der Waals surface area contributed by atoms with Gasteiger partial charge in [0.1, 0.15) is 5.60 Å². The fourth-order valence-corrected chi connectivity index (χ4v) is 4.69. The lowest BCUT2D eigenvalue weighted by Gasteiger charge is -2.27. The molecule has 2 fully saturated rings. The van der Waals surface area contributed by atoms with Crippen molar-refractivity contribution in [3.8, 4) is 6.07 Å². The van der Waals surface area contributed by atoms with Gasteiger partial charge in [0, 0.05) is 0 Å². The summed E-state index contributed by atoms with van der Waals surface area (Å²) in [5, 5.41) is 18.4. The molecule has 7 nitrogen and oxygen atoms in total. The molecule has 0 spiro atoms. The van der Waals surface area contributed by atoms with E-state index < -0.39 is 58.1 Å². The van der Waals surface area contributed by atoms with E-state index in [4.69, 9.17) is 10.00 Å². The highest BCUT2D eigenvalue weighted by Crippen LogP contribution is 2.60. The molecule has 29 heavy (non-hydrogen) atoms. The number of aliphatic carboxylic acids is 1. The molecular formula is C19H13F3N2O5. The lowest BCUT2D eigenvalue weighted by atomic mass is 9.69. The molecule has 3 aliphatic rings. The molecule has 1 aromatic rings. The van der Waals surface area contributed by atoms with E-state index in [0.717, 1.165) is 12.1 Å². The third kappa shape index (κ3) is 2.31. The SMILES string of the molecule is CC12C=C(C(=O)O)C(C)(O1)[C@@H]1C(=O)N(c3ccc(C#N)c(C(F)(F)F)c3)C(=O)[C@@H]12. The number of alkyl halides is 3. The zero-order valence-electron chi connectivity index (χ0n) is 15.1. The van der Waals surface area contributed by atoms with Gasteiger partial charge in [-0.05, 0) is 38.1 Å². The summed E-state index contributed by atoms with van der Waals surface area (Å²) in [4.78, 5) is 38.3. The third-order valence-corrected chi connectivity index (χ3v) is 5.83. The van der Waals surface area contributed by atoms with E-state index in [-0.39, 0.29) is 11.3 Å². The Labute approximate surface area is 162 Å². The molecule has 2 amide bonds. The van der Waals surface area contributed by atoms with Crippen molar-refractivity contribution >= 4 is 23.5 Å². The summed E-state index contributed by atoms with van der Waals surface area (Å²) >= 11 is 0. The van der Waals surface area contributed by atoms with Crippen LogP contribution in [0.2, 0.25) is 0 Å². The van der Waals surface area contributed by atoms with Gasteiger partial charge in [-0.25, -0.2) is 9.69 Å². The van der Waals surface area contributed by atoms with Gasteiger partial charge in [-0.1, -0.05) is 0 Å². The predicted octanol–water partition coefficient (Wildman–Crippen LogP) is 2.25. The Morgan fingerprint density at radius 2 is 1.86 bits per heavy atom. The Morgan fingerprint density at radius 3 is 2.41 bits per heavy atom. The maximum atomic E-state index is 13.3. The smallest absolute Gasteiger partial charge is 0.417 e. The van der Waals surface area contributed by atoms with Gasteiger partial charge < -0.3 is 9.84 Å². The van der Waals surface area contributed by atoms with Gasteiger partial charge in [0.25, 0.3) is 0 Å². The minimum atomic E-state index is -4.86. The van der Waals surface area contributed by atoms with Crippen LogP contribution < -0.4 is 4.90 Å². The number of anilines is 1. The number of ether oxygens (including phenoxy) is 1. The third-order valence-electron chi connectivity index (χ3n) is 5.83. The van der Waals surface area contributed by atoms with Crippen molar-refractivity contribution in [1.29, 1.82) is 5.26 Å². The van der Waals surface area contributed by atoms with Crippen LogP contribution in [0.5, 0.6) is 0 Å². The molecule has 0 radical (unpaired) electrons. The van der Waals surface area contributed by atoms with Crippen molar-refractivity contribution in [3.63, 3.8) is 0 Å². The highest BCUT2D eigenvalue weighted by atomic mass is 19.4. The van der Waals surface area contributed by atoms with Crippen LogP contribution in [0.15, 0.2) is 29.8 Å². The molecule has 2 unspecified atom stereocenters. The van der Waals surface area contributed by atoms with Gasteiger partial charge in [0.05, 0.1) is 45.9 Å². The average Bonchev–Trinajstić information content (AvgIpc) is 3.15. The van der Waals surface area contributed by atoms with Crippen LogP contribution in [0.1, 0.15) is 25.0 Å². The van der Waals surface area contributed by atoms with Crippen molar-refractivity contribution in [2.45, 2.75) is 31.2 Å². The Morgan fingerprint density at radius 1 is 1.24 bits per heavy atom. The van der Waals surface area contributed by atoms with Crippen LogP contribution in [-0.2, 0) is 25.3 Å². The highest BCUT2D eigenvalue weighted by molar-refractivity contribution is 6.24. The number of hydrogen-bond donors (Lipinski definition) is 1. The molecule has 4 rings (SSSR count). The molecule has 2 saturated heterocycles. The second-order valence-electron chi connectivity index (χ2n) is 7.56. The largest absolute Gasteiger partial charge is 0.478 e. The summed E-state index contributed by atoms with van der Waals surface area (Å²) in [6.07, 6.45) is -3.58. The normalized spacial score (nSPS) is 33.0. The van der Waals surface area contributed by atoms with Crippen molar-refractivity contribution < 1.29 is 37.4 Å². The molecule has 2 bridgehead atoms. The van der Waals surface area contributed by atoms with Crippen molar-refractivity contribution in [1.82, 2.24) is 0 Å². The van der Waals surface area contributed by atoms with Crippen LogP contribution in [-0.4, -0.2) is 34.1 Å². The number of imide groups is 1. The maximum absolute atomic E-state index is 13.3. The fourth-order valence-electron chi connectivity index (χ4n) is 4.69. The minimum Gasteiger partial charge on any atom is -0.478 e. The number of hydrogen-bond acceptors (Lipinski definition) is 5. The molecule has 150 valence electrons. The number of carbonyl (C=O) groups excluding carboxylic acids is 2. The van der Waals surface area contributed by atoms with Gasteiger partial charge >= 0.3 is 12.1 Å². The van der Waals surface area contributed by atoms with Gasteiger partial charge in [-0.3, -0.25) is 9.59 Å². The van der Waals surface area contributed by atoms with E-state index >= 15 is 0 Å². The maximum Gasteiger partial charge on any atom is 0.417 e. The first-order valence-corrected chi connectivity index (χ1v) is 8.51. The van der Waals surface area contributed by atoms with Crippen molar-refractivity contribution in [2.24, 2.45) is 11.8 Å². The van der Waals surface area contributed by atoms with E-state index in [2.05, 4.69) is 0 Å². The van der Waals surface area contributed by atoms with Gasteiger partial charge in [0.15, 0.2) is 0 Å². The van der Waals surface area contributed by atoms with Crippen LogP contribution in [0.25, 0.3) is 0 Å². The standard InChI is InChI=1S/C19H13F3N2O5/c1-17-6-11(16(27)28)18(2,29-17)13-12(17)14(25)24(15(13)26)9-4-3-8(7-23)10(5-9)19(20,21)22/h3-6,12-13H,1-2H3,(H,27,28)/t12-,13+,17?,18?/m1/s1. The molecule has 3 heterocycles. The molecule has 0 aliphatic carbocycles. The molecule has 0 aromatic heterocycles. The molecule has 0 saturated carbocycles. The van der Waals surface area contributed by atoms with Crippen molar-refractivity contribution in [2.75, 3.05) is 4.90 Å². The van der Waals surface area contributed by atoms with E-state index in [0.29, 0.717) is 11.0 Å². The number of carbonyl (C=O) groups is 3. The number of nitriles is 1. The van der Waals surface area contributed by atoms with Crippen molar-refractivity contribution in [3.05, 3.63) is 41.0 Å². The van der Waals surface area contributed by atoms with Gasteiger partial charge in [-0.2, -0.15) is 18.4 Å². The Balaban J connectivity index is 1.82. The zero-order chi connectivity index (χ0) is 21.5. The topological polar surface area (TPSA) is 108 Å². The molecular weight excluding hydrogens is 393 g/mol. The number of fused-ring (bicyclic) bond motifs is 5. The second-order valence-corrected chi connectivity index (χ2v) is 7.56. The molecule has 10 heteroatoms. The summed E-state index contributed by atoms with van der Waals surface area (Å²) in [5.74, 6) is -5.15. The number of carboxylic acid groups (broad SMARTS) is 1. The summed E-state index contributed by atoms with van der Waals surface area (Å²) in [6, 6.07) is 3.99. The zero-order valence-corrected chi connectivity index (χ0v) is 15.1. The average molecular weight is 406 g/mol. The molecule has 1 aromatic carbocycles. The fraction of sp³-hybridized carbons (Fsp3) is 0.368. The summed E-state index contributed by atoms with van der Waals surface area (Å²) < 4.78 is 45.6. The van der Waals surface area contributed by atoms with Crippen LogP contribution in [0, 0.1) is 23.2 Å². The Kier molecular flexibility index (Phi) is 3.60. The first-order chi connectivity index (χ1) is 13.3. The highest BCUT2D eigenvalue weighted by Gasteiger charge is 2.74. The summed E-state index contributed by atoms with van der Waals surface area (Å²) in [6.45, 7) is 2.86. The van der Waals surface area contributed by atoms with E-state index in [1.807, 2.05) is 0 Å². The number of carboxylic acids is 1. The Hall–Kier alpha value is -3.19. The van der Waals surface area contributed by atoms with Crippen LogP contribution >= 0.6 is 0 Å². The number of benzene rings is 1. The quantitative estimate of drug-likeness (QED) is 0.755. The van der Waals surface area contributed by atoms with E-state index in [1.54, 1.807) is 0 Å². The first-order valence-electron chi connectivity index (χ1n) is 8.51. The van der Waals surface area contributed by atoms with E-state index in [1.165, 1.54) is 26.0 Å². The van der Waals surface area contributed by atoms with Crippen LogP contribution in [0.3, 0.4) is 0 Å². The van der Waals surface area contributed by atoms with Crippen LogP contribution in [0.4, 0.5) is 18.9 Å². The Bertz CT molecular complexity index is 1070.